The topological polar surface area (TPSA) is 84.1 Å². The first-order valence-electron chi connectivity index (χ1n) is 7.53. The maximum Gasteiger partial charge on any atom is 0.261 e. The number of amides is 1. The third-order valence-electron chi connectivity index (χ3n) is 3.68. The summed E-state index contributed by atoms with van der Waals surface area (Å²) >= 11 is 1.15. The average Bonchev–Trinajstić information content (AvgIpc) is 2.90. The molecule has 0 bridgehead atoms. The number of methoxy groups -OCH3 is 1. The first kappa shape index (κ1) is 17.2. The first-order chi connectivity index (χ1) is 12.0. The number of thiophene rings is 1. The van der Waals surface area contributed by atoms with Gasteiger partial charge in [-0.25, -0.2) is 9.37 Å². The first-order valence-corrected chi connectivity index (χ1v) is 8.35. The highest BCUT2D eigenvalue weighted by Gasteiger charge is 2.19. The van der Waals surface area contributed by atoms with Gasteiger partial charge >= 0.3 is 0 Å². The molecule has 25 heavy (non-hydrogen) atoms. The Hall–Kier alpha value is -2.58. The van der Waals surface area contributed by atoms with Crippen molar-refractivity contribution >= 4 is 27.5 Å². The van der Waals surface area contributed by atoms with Gasteiger partial charge in [-0.15, -0.1) is 11.3 Å². The number of carbonyl (C=O) groups excluding carboxylic acids is 1. The Labute approximate surface area is 146 Å². The lowest BCUT2D eigenvalue weighted by molar-refractivity contribution is 0.0954. The number of benzene rings is 1. The van der Waals surface area contributed by atoms with Gasteiger partial charge in [0.2, 0.25) is 0 Å². The van der Waals surface area contributed by atoms with Gasteiger partial charge in [0.15, 0.2) is 0 Å². The predicted molar refractivity (Wildman–Crippen MR) is 93.3 cm³/mol. The Morgan fingerprint density at radius 3 is 2.96 bits per heavy atom. The molecule has 6 nitrogen and oxygen atoms in total. The molecule has 0 saturated carbocycles. The number of fused-ring (bicyclic) bond motifs is 1. The molecule has 0 spiro atoms. The quantitative estimate of drug-likeness (QED) is 0.731. The van der Waals surface area contributed by atoms with Crippen LogP contribution in [0.1, 0.15) is 26.6 Å². The molecule has 1 amide bonds. The normalized spacial score (nSPS) is 11.0. The van der Waals surface area contributed by atoms with Crippen LogP contribution in [0.3, 0.4) is 0 Å². The van der Waals surface area contributed by atoms with Gasteiger partial charge in [0.1, 0.15) is 23.1 Å². The highest BCUT2D eigenvalue weighted by molar-refractivity contribution is 7.20. The van der Waals surface area contributed by atoms with Gasteiger partial charge in [-0.3, -0.25) is 9.59 Å². The van der Waals surface area contributed by atoms with Crippen molar-refractivity contribution in [1.29, 1.82) is 0 Å². The highest BCUT2D eigenvalue weighted by Crippen LogP contribution is 2.27. The van der Waals surface area contributed by atoms with Crippen molar-refractivity contribution in [2.75, 3.05) is 7.11 Å². The van der Waals surface area contributed by atoms with Gasteiger partial charge in [0, 0.05) is 13.7 Å². The molecular weight excluding hydrogens is 345 g/mol. The number of halogens is 1. The van der Waals surface area contributed by atoms with Crippen LogP contribution in [0.15, 0.2) is 29.1 Å². The Balaban J connectivity index is 1.87. The zero-order valence-electron chi connectivity index (χ0n) is 13.7. The summed E-state index contributed by atoms with van der Waals surface area (Å²) in [7, 11) is 1.51. The van der Waals surface area contributed by atoms with E-state index in [0.29, 0.717) is 32.0 Å². The number of hydrogen-bond acceptors (Lipinski definition) is 5. The Kier molecular flexibility index (Phi) is 4.91. The maximum absolute atomic E-state index is 13.2. The van der Waals surface area contributed by atoms with Crippen molar-refractivity contribution in [2.45, 2.75) is 20.1 Å². The number of ether oxygens (including phenoxy) is 1. The minimum atomic E-state index is -0.355. The van der Waals surface area contributed by atoms with Gasteiger partial charge in [-0.05, 0) is 30.2 Å². The molecule has 0 unspecified atom stereocenters. The third-order valence-corrected chi connectivity index (χ3v) is 4.86. The minimum Gasteiger partial charge on any atom is -0.377 e. The largest absolute Gasteiger partial charge is 0.377 e. The van der Waals surface area contributed by atoms with E-state index in [9.17, 15) is 14.0 Å². The number of aromatic nitrogens is 2. The molecule has 130 valence electrons. The highest BCUT2D eigenvalue weighted by atomic mass is 32.1. The number of aromatic amines is 1. The second-order valence-electron chi connectivity index (χ2n) is 5.49. The van der Waals surface area contributed by atoms with Crippen molar-refractivity contribution in [3.63, 3.8) is 0 Å². The molecule has 2 N–H and O–H groups in total. The molecule has 0 fully saturated rings. The lowest BCUT2D eigenvalue weighted by Gasteiger charge is -2.04. The Morgan fingerprint density at radius 2 is 2.24 bits per heavy atom. The zero-order chi connectivity index (χ0) is 18.0. The van der Waals surface area contributed by atoms with E-state index in [1.165, 1.54) is 19.2 Å². The van der Waals surface area contributed by atoms with Gasteiger partial charge < -0.3 is 15.0 Å². The summed E-state index contributed by atoms with van der Waals surface area (Å²) in [4.78, 5) is 32.6. The molecule has 0 saturated heterocycles. The molecular formula is C17H16FN3O3S. The van der Waals surface area contributed by atoms with Crippen LogP contribution in [0.5, 0.6) is 0 Å². The lowest BCUT2D eigenvalue weighted by Crippen LogP contribution is -2.22. The van der Waals surface area contributed by atoms with Gasteiger partial charge in [-0.2, -0.15) is 0 Å². The number of hydrogen-bond donors (Lipinski definition) is 2. The SMILES string of the molecule is COCc1nc2sc(C(=O)NCc3cccc(F)c3)c(C)c2c(=O)[nH]1. The monoisotopic (exact) mass is 361 g/mol. The fourth-order valence-corrected chi connectivity index (χ4v) is 3.64. The van der Waals surface area contributed by atoms with E-state index in [1.807, 2.05) is 0 Å². The van der Waals surface area contributed by atoms with E-state index < -0.39 is 0 Å². The number of carbonyl (C=O) groups is 1. The van der Waals surface area contributed by atoms with Crippen LogP contribution in [0.25, 0.3) is 10.2 Å². The molecule has 2 aromatic heterocycles. The van der Waals surface area contributed by atoms with Crippen molar-refractivity contribution in [2.24, 2.45) is 0 Å². The van der Waals surface area contributed by atoms with Gasteiger partial charge in [0.05, 0.1) is 10.3 Å². The number of aryl methyl sites for hydroxylation is 1. The number of nitrogens with one attached hydrogen (secondary N) is 2. The van der Waals surface area contributed by atoms with Crippen LogP contribution in [0, 0.1) is 12.7 Å². The van der Waals surface area contributed by atoms with Crippen molar-refractivity contribution in [3.05, 3.63) is 62.3 Å². The van der Waals surface area contributed by atoms with Gasteiger partial charge in [0.25, 0.3) is 11.5 Å². The van der Waals surface area contributed by atoms with Crippen molar-refractivity contribution < 1.29 is 13.9 Å². The fourth-order valence-electron chi connectivity index (χ4n) is 2.52. The molecule has 0 aliphatic carbocycles. The van der Waals surface area contributed by atoms with Crippen molar-refractivity contribution in [1.82, 2.24) is 15.3 Å². The van der Waals surface area contributed by atoms with E-state index >= 15 is 0 Å². The van der Waals surface area contributed by atoms with Crippen LogP contribution in [-0.4, -0.2) is 23.0 Å². The summed E-state index contributed by atoms with van der Waals surface area (Å²) in [6, 6.07) is 6.02. The van der Waals surface area contributed by atoms with E-state index in [1.54, 1.807) is 19.1 Å². The molecule has 0 aliphatic rings. The summed E-state index contributed by atoms with van der Waals surface area (Å²) in [5.74, 6) is -0.267. The average molecular weight is 361 g/mol. The molecule has 0 radical (unpaired) electrons. The molecule has 0 atom stereocenters. The van der Waals surface area contributed by atoms with Crippen LogP contribution in [0.2, 0.25) is 0 Å². The standard InChI is InChI=1S/C17H16FN3O3S/c1-9-13-15(22)20-12(8-24-2)21-17(13)25-14(9)16(23)19-7-10-4-3-5-11(18)6-10/h3-6H,7-8H2,1-2H3,(H,19,23)(H,20,21,22). The van der Waals surface area contributed by atoms with Gasteiger partial charge in [-0.1, -0.05) is 12.1 Å². The van der Waals surface area contributed by atoms with Crippen LogP contribution < -0.4 is 10.9 Å². The second kappa shape index (κ2) is 7.12. The zero-order valence-corrected chi connectivity index (χ0v) is 14.5. The molecule has 3 aromatic rings. The van der Waals surface area contributed by atoms with E-state index in [-0.39, 0.29) is 30.4 Å². The number of rotatable bonds is 5. The number of nitrogens with zero attached hydrogens (tertiary/aromatic N) is 1. The number of H-pyrrole nitrogens is 1. The van der Waals surface area contributed by atoms with E-state index in [4.69, 9.17) is 4.74 Å². The van der Waals surface area contributed by atoms with Crippen LogP contribution >= 0.6 is 11.3 Å². The second-order valence-corrected chi connectivity index (χ2v) is 6.49. The lowest BCUT2D eigenvalue weighted by atomic mass is 10.2. The molecule has 1 aromatic carbocycles. The summed E-state index contributed by atoms with van der Waals surface area (Å²) in [6.07, 6.45) is 0. The van der Waals surface area contributed by atoms with Crippen LogP contribution in [0.4, 0.5) is 4.39 Å². The summed E-state index contributed by atoms with van der Waals surface area (Å²) in [5, 5.41) is 3.15. The minimum absolute atomic E-state index is 0.184. The van der Waals surface area contributed by atoms with Crippen molar-refractivity contribution in [3.8, 4) is 0 Å². The Morgan fingerprint density at radius 1 is 1.44 bits per heavy atom. The molecule has 3 rings (SSSR count). The van der Waals surface area contributed by atoms with E-state index in [2.05, 4.69) is 15.3 Å². The molecule has 2 heterocycles. The molecule has 0 aliphatic heterocycles. The maximum atomic E-state index is 13.2. The van der Waals surface area contributed by atoms with E-state index in [0.717, 1.165) is 11.3 Å². The fraction of sp³-hybridized carbons (Fsp3) is 0.235. The third kappa shape index (κ3) is 3.59. The molecule has 8 heteroatoms. The smallest absolute Gasteiger partial charge is 0.261 e. The Bertz CT molecular complexity index is 996. The van der Waals surface area contributed by atoms with Crippen LogP contribution in [-0.2, 0) is 17.9 Å². The summed E-state index contributed by atoms with van der Waals surface area (Å²) < 4.78 is 18.2. The summed E-state index contributed by atoms with van der Waals surface area (Å²) in [5.41, 5.74) is 0.940. The predicted octanol–water partition coefficient (Wildman–Crippen LogP) is 2.51. The summed E-state index contributed by atoms with van der Waals surface area (Å²) in [6.45, 7) is 2.09.